The summed E-state index contributed by atoms with van der Waals surface area (Å²) in [5.41, 5.74) is 15.3. The molecular weight excluding hydrogens is 969 g/mol. The Balaban J connectivity index is 1.21. The number of nitrogens with one attached hydrogen (secondary N) is 7. The molecule has 0 bridgehead atoms. The zero-order valence-corrected chi connectivity index (χ0v) is 42.0. The first-order chi connectivity index (χ1) is 37.0. The van der Waals surface area contributed by atoms with Crippen molar-refractivity contribution < 1.29 is 43.0 Å². The van der Waals surface area contributed by atoms with Crippen LogP contribution in [0.4, 0.5) is 4.79 Å². The highest BCUT2D eigenvalue weighted by molar-refractivity contribution is 5.99. The summed E-state index contributed by atoms with van der Waals surface area (Å²) in [5.74, 6) is -3.97. The van der Waals surface area contributed by atoms with E-state index in [1.165, 1.54) is 4.90 Å². The minimum atomic E-state index is -1.46. The average molecular weight is 1030 g/mol. The summed E-state index contributed by atoms with van der Waals surface area (Å²) in [7, 11) is 0. The minimum absolute atomic E-state index is 0.0448. The van der Waals surface area contributed by atoms with Crippen molar-refractivity contribution in [1.29, 1.82) is 0 Å². The van der Waals surface area contributed by atoms with Gasteiger partial charge in [0.1, 0.15) is 54.7 Å². The first kappa shape index (κ1) is 53.7. The second-order valence-electron chi connectivity index (χ2n) is 18.8. The molecule has 19 nitrogen and oxygen atoms in total. The first-order valence-corrected chi connectivity index (χ1v) is 25.6. The zero-order valence-electron chi connectivity index (χ0n) is 42.0. The molecule has 2 aliphatic heterocycles. The first-order valence-electron chi connectivity index (χ1n) is 25.6. The number of carbonyl (C=O) groups is 7. The van der Waals surface area contributed by atoms with Crippen molar-refractivity contribution in [2.24, 2.45) is 11.5 Å². The molecule has 6 aromatic rings. The summed E-state index contributed by atoms with van der Waals surface area (Å²) in [6.07, 6.45) is 0.636. The van der Waals surface area contributed by atoms with E-state index in [4.69, 9.17) is 20.9 Å². The molecule has 7 amide bonds. The van der Waals surface area contributed by atoms with Crippen LogP contribution >= 0.6 is 0 Å². The van der Waals surface area contributed by atoms with Crippen molar-refractivity contribution in [3.8, 4) is 5.75 Å². The molecule has 0 aliphatic carbocycles. The number of benzene rings is 5. The number of H-pyrrole nitrogens is 1. The number of aromatic amines is 1. The van der Waals surface area contributed by atoms with E-state index in [1.54, 1.807) is 91.1 Å². The van der Waals surface area contributed by atoms with Gasteiger partial charge >= 0.3 is 6.09 Å². The monoisotopic (exact) mass is 1030 g/mol. The highest BCUT2D eigenvalue weighted by atomic mass is 16.6. The maximum Gasteiger partial charge on any atom is 0.407 e. The largest absolute Gasteiger partial charge is 0.489 e. The SMILES string of the molecule is NCCCC[C@@H]1NC(=O)[C@@H](Cc2c[nH]c3ccccc23)NC(=O)[C@H](c2ccccc2)NC(=O)[C@@H]2C[C@@H](OC(=O)NCCN)CN2C(=O)[C@H](Cc2ccccc2)NC(=O)C(c2ccc(OCc3ccccc3)cc2)NC1=O. The van der Waals surface area contributed by atoms with E-state index in [9.17, 15) is 24.0 Å². The molecule has 11 N–H and O–H groups in total. The van der Waals surface area contributed by atoms with Crippen molar-refractivity contribution in [2.45, 2.75) is 87.5 Å². The number of hydrogen-bond acceptors (Lipinski definition) is 11. The van der Waals surface area contributed by atoms with Crippen LogP contribution in [0.2, 0.25) is 0 Å². The maximum absolute atomic E-state index is 15.3. The standard InChI is InChI=1S/C57H64N10O9/c58-27-13-12-22-45-51(68)65-50(39-23-25-41(26-24-39)75-35-37-16-6-2-7-17-37)55(72)64-47(30-36-14-4-1-5-15-36)56(73)67-34-42(76-57(74)60-29-28-59)32-48(67)53(70)66-49(38-18-8-3-9-19-38)54(71)63-46(52(69)62-45)31-40-33-61-44-21-11-10-20-43(40)44/h1-11,14-21,23-26,33,42,45-50,61H,12-13,22,27-32,34-35,58-59H2,(H,60,74)(H,62,69)(H,63,71)(H,64,72)(H,65,68)(H,66,70)/t42-,45+,46-,47+,48+,49+,50?/m1/s1. The highest BCUT2D eigenvalue weighted by Gasteiger charge is 2.45. The smallest absolute Gasteiger partial charge is 0.407 e. The van der Waals surface area contributed by atoms with E-state index < -0.39 is 83.9 Å². The van der Waals surface area contributed by atoms with Gasteiger partial charge in [-0.25, -0.2) is 4.79 Å². The van der Waals surface area contributed by atoms with E-state index in [-0.39, 0.29) is 51.9 Å². The molecule has 5 aromatic carbocycles. The summed E-state index contributed by atoms with van der Waals surface area (Å²) in [5, 5.41) is 17.8. The zero-order chi connectivity index (χ0) is 53.4. The number of nitrogens with zero attached hydrogens (tertiary/aromatic N) is 1. The van der Waals surface area contributed by atoms with Crippen molar-refractivity contribution in [3.05, 3.63) is 174 Å². The molecule has 2 aliphatic rings. The minimum Gasteiger partial charge on any atom is -0.489 e. The summed E-state index contributed by atoms with van der Waals surface area (Å²) in [4.78, 5) is 108. The Bertz CT molecular complexity index is 2940. The number of alkyl carbamates (subject to hydrolysis) is 1. The van der Waals surface area contributed by atoms with Crippen LogP contribution in [0.1, 0.15) is 65.6 Å². The molecule has 8 rings (SSSR count). The topological polar surface area (TPSA) is 281 Å². The molecule has 76 heavy (non-hydrogen) atoms. The third-order valence-corrected chi connectivity index (χ3v) is 13.4. The lowest BCUT2D eigenvalue weighted by atomic mass is 9.99. The number of para-hydroxylation sites is 1. The maximum atomic E-state index is 15.3. The molecule has 3 heterocycles. The number of rotatable bonds is 16. The van der Waals surface area contributed by atoms with Crippen LogP contribution in [0.5, 0.6) is 5.75 Å². The van der Waals surface area contributed by atoms with E-state index in [2.05, 4.69) is 36.9 Å². The van der Waals surface area contributed by atoms with Crippen LogP contribution in [0.25, 0.3) is 10.9 Å². The Morgan fingerprint density at radius 3 is 1.87 bits per heavy atom. The fourth-order valence-corrected chi connectivity index (χ4v) is 9.49. The lowest BCUT2D eigenvalue weighted by molar-refractivity contribution is -0.143. The Kier molecular flexibility index (Phi) is 18.4. The molecule has 0 spiro atoms. The predicted octanol–water partition coefficient (Wildman–Crippen LogP) is 3.50. The van der Waals surface area contributed by atoms with E-state index in [0.29, 0.717) is 47.4 Å². The Hall–Kier alpha value is -8.55. The third-order valence-electron chi connectivity index (χ3n) is 13.4. The van der Waals surface area contributed by atoms with Gasteiger partial charge in [-0.2, -0.15) is 0 Å². The normalized spacial score (nSPS) is 21.7. The van der Waals surface area contributed by atoms with Crippen LogP contribution in [-0.2, 0) is 53.0 Å². The number of ether oxygens (including phenoxy) is 2. The number of amides is 7. The van der Waals surface area contributed by atoms with Crippen LogP contribution in [0.15, 0.2) is 146 Å². The number of aromatic nitrogens is 1. The van der Waals surface area contributed by atoms with Crippen molar-refractivity contribution >= 4 is 52.4 Å². The van der Waals surface area contributed by atoms with Crippen molar-refractivity contribution in [2.75, 3.05) is 26.2 Å². The predicted molar refractivity (Wildman–Crippen MR) is 284 cm³/mol. The van der Waals surface area contributed by atoms with Gasteiger partial charge in [0.15, 0.2) is 0 Å². The van der Waals surface area contributed by atoms with Crippen LogP contribution in [0, 0.1) is 0 Å². The van der Waals surface area contributed by atoms with Crippen molar-refractivity contribution in [1.82, 2.24) is 41.8 Å². The van der Waals surface area contributed by atoms with Crippen molar-refractivity contribution in [3.63, 3.8) is 0 Å². The second kappa shape index (κ2) is 26.1. The summed E-state index contributed by atoms with van der Waals surface area (Å²) in [6.45, 7) is 0.542. The lowest BCUT2D eigenvalue weighted by Crippen LogP contribution is -2.59. The molecule has 19 heteroatoms. The average Bonchev–Trinajstić information content (AvgIpc) is 4.07. The number of hydrogen-bond donors (Lipinski definition) is 9. The van der Waals surface area contributed by atoms with E-state index in [0.717, 1.165) is 16.5 Å². The Morgan fingerprint density at radius 1 is 0.592 bits per heavy atom. The fraction of sp³-hybridized carbons (Fsp3) is 0.316. The molecule has 0 radical (unpaired) electrons. The Morgan fingerprint density at radius 2 is 1.18 bits per heavy atom. The quantitative estimate of drug-likeness (QED) is 0.0633. The number of unbranched alkanes of at least 4 members (excludes halogenated alkanes) is 1. The van der Waals surface area contributed by atoms with Crippen LogP contribution in [0.3, 0.4) is 0 Å². The molecule has 2 fully saturated rings. The van der Waals surface area contributed by atoms with Crippen LogP contribution in [-0.4, -0.2) is 108 Å². The van der Waals surface area contributed by atoms with E-state index in [1.807, 2.05) is 54.6 Å². The van der Waals surface area contributed by atoms with Gasteiger partial charge in [0.05, 0.1) is 6.54 Å². The van der Waals surface area contributed by atoms with Gasteiger partial charge in [0, 0.05) is 49.5 Å². The van der Waals surface area contributed by atoms with Gasteiger partial charge in [-0.1, -0.05) is 121 Å². The summed E-state index contributed by atoms with van der Waals surface area (Å²) < 4.78 is 11.8. The van der Waals surface area contributed by atoms with Gasteiger partial charge in [0.2, 0.25) is 35.4 Å². The number of nitrogens with two attached hydrogens (primary N) is 2. The number of fused-ring (bicyclic) bond motifs is 2. The molecule has 1 aromatic heterocycles. The highest BCUT2D eigenvalue weighted by Crippen LogP contribution is 2.27. The van der Waals surface area contributed by atoms with Gasteiger partial charge in [0.25, 0.3) is 0 Å². The summed E-state index contributed by atoms with van der Waals surface area (Å²) >= 11 is 0. The second-order valence-corrected chi connectivity index (χ2v) is 18.8. The molecular formula is C57H64N10O9. The third kappa shape index (κ3) is 14.0. The lowest BCUT2D eigenvalue weighted by Gasteiger charge is -2.32. The molecule has 396 valence electrons. The Labute approximate surface area is 440 Å². The molecule has 2 saturated heterocycles. The summed E-state index contributed by atoms with van der Waals surface area (Å²) in [6, 6.07) is 32.8. The molecule has 0 saturated carbocycles. The van der Waals surface area contributed by atoms with Gasteiger partial charge in [-0.05, 0) is 71.8 Å². The van der Waals surface area contributed by atoms with Crippen LogP contribution < -0.4 is 48.1 Å². The van der Waals surface area contributed by atoms with E-state index >= 15 is 9.59 Å². The van der Waals surface area contributed by atoms with Gasteiger partial charge in [-0.3, -0.25) is 28.8 Å². The number of carbonyl (C=O) groups excluding carboxylic acids is 7. The molecule has 7 atom stereocenters. The van der Waals surface area contributed by atoms with Gasteiger partial charge in [-0.15, -0.1) is 0 Å². The molecule has 1 unspecified atom stereocenters. The fourth-order valence-electron chi connectivity index (χ4n) is 9.49. The van der Waals surface area contributed by atoms with Gasteiger partial charge < -0.3 is 62.7 Å².